The second kappa shape index (κ2) is 7.79. The fourth-order valence-corrected chi connectivity index (χ4v) is 7.34. The highest BCUT2D eigenvalue weighted by molar-refractivity contribution is 7.25. The molecule has 0 aliphatic rings. The lowest BCUT2D eigenvalue weighted by Gasteiger charge is -2.10. The third kappa shape index (κ3) is 2.95. The Bertz CT molecular complexity index is 2390. The number of hydrogen-bond acceptors (Lipinski definition) is 2. The minimum Gasteiger partial charge on any atom is -0.309 e. The molecule has 0 aliphatic carbocycles. The fraction of sp³-hybridized carbons (Fsp3) is 0. The van der Waals surface area contributed by atoms with E-state index in [1.165, 1.54) is 58.5 Å². The maximum Gasteiger partial charge on any atom is 0.0934 e. The van der Waals surface area contributed by atoms with Crippen LogP contribution >= 0.6 is 11.3 Å². The topological polar surface area (TPSA) is 22.2 Å². The van der Waals surface area contributed by atoms with E-state index < -0.39 is 0 Å². The first kappa shape index (κ1) is 21.1. The maximum atomic E-state index is 4.78. The number of benzene rings is 5. The summed E-state index contributed by atoms with van der Waals surface area (Å²) in [7, 11) is 0. The van der Waals surface area contributed by atoms with Gasteiger partial charge in [-0.15, -0.1) is 11.3 Å². The highest BCUT2D eigenvalue weighted by Gasteiger charge is 2.16. The van der Waals surface area contributed by atoms with E-state index >= 15 is 0 Å². The van der Waals surface area contributed by atoms with Crippen LogP contribution in [0.1, 0.15) is 0 Å². The molecular weight excluding hydrogens is 494 g/mol. The fourth-order valence-electron chi connectivity index (χ4n) is 6.21. The highest BCUT2D eigenvalue weighted by Crippen LogP contribution is 2.41. The van der Waals surface area contributed by atoms with Crippen LogP contribution in [0.2, 0.25) is 0 Å². The summed E-state index contributed by atoms with van der Waals surface area (Å²) in [4.78, 5) is 0. The molecule has 5 aromatic carbocycles. The van der Waals surface area contributed by atoms with Crippen LogP contribution in [-0.2, 0) is 0 Å². The van der Waals surface area contributed by atoms with Crippen LogP contribution in [0.3, 0.4) is 0 Å². The second-order valence-electron chi connectivity index (χ2n) is 10.1. The van der Waals surface area contributed by atoms with Crippen LogP contribution in [0.25, 0.3) is 75.2 Å². The highest BCUT2D eigenvalue weighted by atomic mass is 32.1. The van der Waals surface area contributed by atoms with Gasteiger partial charge < -0.3 is 4.57 Å². The normalized spacial score (nSPS) is 12.1. The zero-order chi connectivity index (χ0) is 25.5. The predicted octanol–water partition coefficient (Wildman–Crippen LogP) is 9.62. The molecule has 182 valence electrons. The van der Waals surface area contributed by atoms with Crippen molar-refractivity contribution >= 4 is 69.7 Å². The van der Waals surface area contributed by atoms with Gasteiger partial charge in [-0.1, -0.05) is 72.8 Å². The average Bonchev–Trinajstić information content (AvgIpc) is 3.65. The molecule has 3 nitrogen and oxygen atoms in total. The van der Waals surface area contributed by atoms with Crippen LogP contribution in [0.4, 0.5) is 0 Å². The Morgan fingerprint density at radius 2 is 1.31 bits per heavy atom. The molecule has 0 N–H and O–H groups in total. The first-order chi connectivity index (χ1) is 19.3. The third-order valence-electron chi connectivity index (χ3n) is 7.96. The van der Waals surface area contributed by atoms with Crippen molar-refractivity contribution in [2.45, 2.75) is 0 Å². The zero-order valence-corrected chi connectivity index (χ0v) is 21.7. The number of pyridine rings is 1. The number of aromatic nitrogens is 3. The summed E-state index contributed by atoms with van der Waals surface area (Å²) >= 11 is 1.88. The molecule has 0 unspecified atom stereocenters. The first-order valence-corrected chi connectivity index (χ1v) is 14.0. The lowest BCUT2D eigenvalue weighted by Crippen LogP contribution is -1.94. The smallest absolute Gasteiger partial charge is 0.0934 e. The lowest BCUT2D eigenvalue weighted by atomic mass is 10.0. The molecule has 0 bridgehead atoms. The minimum atomic E-state index is 1.01. The van der Waals surface area contributed by atoms with Crippen LogP contribution in [0, 0.1) is 0 Å². The van der Waals surface area contributed by atoms with Gasteiger partial charge in [0.05, 0.1) is 22.1 Å². The van der Waals surface area contributed by atoms with Crippen molar-refractivity contribution in [2.75, 3.05) is 0 Å². The molecule has 4 heteroatoms. The number of nitrogens with zero attached hydrogens (tertiary/aromatic N) is 3. The van der Waals surface area contributed by atoms with Crippen molar-refractivity contribution in [3.05, 3.63) is 128 Å². The Balaban J connectivity index is 1.28. The predicted molar refractivity (Wildman–Crippen MR) is 165 cm³/mol. The molecule has 9 aromatic rings. The van der Waals surface area contributed by atoms with E-state index in [4.69, 9.17) is 5.10 Å². The molecule has 4 aromatic heterocycles. The molecule has 0 aliphatic heterocycles. The molecule has 9 rings (SSSR count). The second-order valence-corrected chi connectivity index (χ2v) is 11.2. The number of para-hydroxylation sites is 1. The SMILES string of the molecule is c1ccc2c(c1)nn1cccc(-c3ccc(-n4c5ccccc5c5cc6sc7ccccc7c6cc54)cc3)c21. The number of hydrogen-bond donors (Lipinski definition) is 0. The standard InChI is InChI=1S/C35H21N3S/c1-4-12-30-27(10-1)35-24(11-7-19-37(35)36-30)22-15-17-23(18-16-22)38-31-13-5-2-8-25(31)28-21-34-29(20-32(28)38)26-9-3-6-14-33(26)39-34/h1-21H. The molecule has 0 atom stereocenters. The van der Waals surface area contributed by atoms with Gasteiger partial charge in [-0.2, -0.15) is 5.10 Å². The Morgan fingerprint density at radius 1 is 0.538 bits per heavy atom. The molecule has 0 saturated heterocycles. The molecule has 0 saturated carbocycles. The van der Waals surface area contributed by atoms with Crippen molar-refractivity contribution in [2.24, 2.45) is 0 Å². The molecule has 0 spiro atoms. The average molecular weight is 516 g/mol. The van der Waals surface area contributed by atoms with E-state index in [9.17, 15) is 0 Å². The van der Waals surface area contributed by atoms with Crippen molar-refractivity contribution in [1.29, 1.82) is 0 Å². The summed E-state index contributed by atoms with van der Waals surface area (Å²) in [5.74, 6) is 0. The van der Waals surface area contributed by atoms with Gasteiger partial charge in [-0.3, -0.25) is 0 Å². The van der Waals surface area contributed by atoms with E-state index in [2.05, 4.69) is 120 Å². The Kier molecular flexibility index (Phi) is 4.21. The largest absolute Gasteiger partial charge is 0.309 e. The minimum absolute atomic E-state index is 1.01. The quantitative estimate of drug-likeness (QED) is 0.225. The Hall–Kier alpha value is -4.93. The maximum absolute atomic E-state index is 4.78. The van der Waals surface area contributed by atoms with Gasteiger partial charge in [0.25, 0.3) is 0 Å². The van der Waals surface area contributed by atoms with Crippen molar-refractivity contribution < 1.29 is 0 Å². The van der Waals surface area contributed by atoms with Gasteiger partial charge in [0.2, 0.25) is 0 Å². The molecule has 39 heavy (non-hydrogen) atoms. The summed E-state index contributed by atoms with van der Waals surface area (Å²) < 4.78 is 7.08. The summed E-state index contributed by atoms with van der Waals surface area (Å²) in [5.41, 5.74) is 8.15. The van der Waals surface area contributed by atoms with Crippen LogP contribution in [-0.4, -0.2) is 14.2 Å². The summed E-state index contributed by atoms with van der Waals surface area (Å²) in [6.07, 6.45) is 2.03. The van der Waals surface area contributed by atoms with Crippen LogP contribution in [0.15, 0.2) is 128 Å². The van der Waals surface area contributed by atoms with E-state index in [-0.39, 0.29) is 0 Å². The van der Waals surface area contributed by atoms with E-state index in [0.717, 1.165) is 16.7 Å². The van der Waals surface area contributed by atoms with Gasteiger partial charge in [0.15, 0.2) is 0 Å². The molecule has 0 amide bonds. The summed E-state index contributed by atoms with van der Waals surface area (Å²) in [5, 5.41) is 11.2. The summed E-state index contributed by atoms with van der Waals surface area (Å²) in [6, 6.07) is 43.8. The Labute approximate surface area is 227 Å². The number of fused-ring (bicyclic) bond motifs is 9. The van der Waals surface area contributed by atoms with Crippen molar-refractivity contribution in [1.82, 2.24) is 14.2 Å². The van der Waals surface area contributed by atoms with Crippen molar-refractivity contribution in [3.63, 3.8) is 0 Å². The van der Waals surface area contributed by atoms with E-state index in [0.29, 0.717) is 0 Å². The summed E-state index contributed by atoms with van der Waals surface area (Å²) in [6.45, 7) is 0. The first-order valence-electron chi connectivity index (χ1n) is 13.1. The molecule has 0 fully saturated rings. The molecular formula is C35H21N3S. The number of thiophene rings is 1. The number of rotatable bonds is 2. The van der Waals surface area contributed by atoms with Crippen LogP contribution in [0.5, 0.6) is 0 Å². The van der Waals surface area contributed by atoms with Crippen LogP contribution < -0.4 is 0 Å². The van der Waals surface area contributed by atoms with Gasteiger partial charge in [-0.25, -0.2) is 4.52 Å². The Morgan fingerprint density at radius 3 is 2.21 bits per heavy atom. The molecule has 4 heterocycles. The van der Waals surface area contributed by atoms with Gasteiger partial charge in [0, 0.05) is 53.8 Å². The van der Waals surface area contributed by atoms with Crippen molar-refractivity contribution in [3.8, 4) is 16.8 Å². The van der Waals surface area contributed by atoms with Gasteiger partial charge >= 0.3 is 0 Å². The van der Waals surface area contributed by atoms with Gasteiger partial charge in [-0.05, 0) is 54.1 Å². The monoisotopic (exact) mass is 515 g/mol. The van der Waals surface area contributed by atoms with E-state index in [1.807, 2.05) is 28.1 Å². The van der Waals surface area contributed by atoms with Gasteiger partial charge in [0.1, 0.15) is 0 Å². The lowest BCUT2D eigenvalue weighted by molar-refractivity contribution is 0.983. The van der Waals surface area contributed by atoms with E-state index in [1.54, 1.807) is 0 Å². The molecule has 0 radical (unpaired) electrons. The zero-order valence-electron chi connectivity index (χ0n) is 20.9. The third-order valence-corrected chi connectivity index (χ3v) is 9.09.